The molecule has 0 spiro atoms. The third-order valence-corrected chi connectivity index (χ3v) is 2.93. The Balaban J connectivity index is 2.43. The van der Waals surface area contributed by atoms with Crippen LogP contribution in [0.1, 0.15) is 13.8 Å². The van der Waals surface area contributed by atoms with Crippen LogP contribution >= 0.6 is 31.9 Å². The molecule has 0 atom stereocenters. The fraction of sp³-hybridized carbons (Fsp3) is 0.333. The van der Waals surface area contributed by atoms with Crippen molar-refractivity contribution < 1.29 is 9.53 Å². The van der Waals surface area contributed by atoms with Crippen LogP contribution in [0.4, 0.5) is 0 Å². The Morgan fingerprint density at radius 1 is 1.50 bits per heavy atom. The van der Waals surface area contributed by atoms with Gasteiger partial charge in [0.2, 0.25) is 0 Å². The second-order valence-electron chi connectivity index (χ2n) is 3.92. The van der Waals surface area contributed by atoms with Gasteiger partial charge in [-0.3, -0.25) is 4.79 Å². The predicted molar refractivity (Wildman–Crippen MR) is 78.8 cm³/mol. The first-order chi connectivity index (χ1) is 8.49. The minimum Gasteiger partial charge on any atom is -0.483 e. The van der Waals surface area contributed by atoms with Crippen molar-refractivity contribution in [1.29, 1.82) is 0 Å². The Hall–Kier alpha value is -0.880. The third-order valence-electron chi connectivity index (χ3n) is 1.81. The topological polar surface area (TPSA) is 50.7 Å². The van der Waals surface area contributed by atoms with Gasteiger partial charge in [0.1, 0.15) is 5.75 Å². The van der Waals surface area contributed by atoms with Gasteiger partial charge in [-0.05, 0) is 40.0 Å². The lowest BCUT2D eigenvalue weighted by molar-refractivity contribution is -0.123. The van der Waals surface area contributed by atoms with Gasteiger partial charge in [0.05, 0.1) is 4.47 Å². The Morgan fingerprint density at radius 3 is 2.83 bits per heavy atom. The molecule has 4 nitrogen and oxygen atoms in total. The molecule has 98 valence electrons. The van der Waals surface area contributed by atoms with Crippen LogP contribution in [0.25, 0.3) is 0 Å². The molecular formula is C12H14Br2N2O2. The lowest BCUT2D eigenvalue weighted by Crippen LogP contribution is -2.24. The molecule has 0 bridgehead atoms. The summed E-state index contributed by atoms with van der Waals surface area (Å²) >= 11 is 6.69. The maximum Gasteiger partial charge on any atom is 0.277 e. The summed E-state index contributed by atoms with van der Waals surface area (Å²) in [7, 11) is 0. The summed E-state index contributed by atoms with van der Waals surface area (Å²) in [5.41, 5.74) is 2.40. The Labute approximate surface area is 123 Å². The Morgan fingerprint density at radius 2 is 2.22 bits per heavy atom. The second-order valence-corrected chi connectivity index (χ2v) is 5.69. The van der Waals surface area contributed by atoms with E-state index in [4.69, 9.17) is 4.74 Å². The van der Waals surface area contributed by atoms with E-state index in [0.717, 1.165) is 8.95 Å². The number of rotatable bonds is 5. The van der Waals surface area contributed by atoms with Gasteiger partial charge in [0.25, 0.3) is 5.91 Å². The third kappa shape index (κ3) is 5.64. The number of nitrogens with zero attached hydrogens (tertiary/aromatic N) is 1. The molecule has 0 aliphatic carbocycles. The van der Waals surface area contributed by atoms with Gasteiger partial charge in [-0.25, -0.2) is 5.43 Å². The SMILES string of the molecule is CC(C)C=NNC(=O)COc1ccc(Br)cc1Br. The maximum atomic E-state index is 11.4. The molecule has 0 aliphatic rings. The van der Waals surface area contributed by atoms with E-state index in [1.165, 1.54) is 0 Å². The zero-order valence-corrected chi connectivity index (χ0v) is 13.3. The normalized spacial score (nSPS) is 10.9. The van der Waals surface area contributed by atoms with Crippen molar-refractivity contribution >= 4 is 44.0 Å². The molecule has 0 radical (unpaired) electrons. The number of carbonyl (C=O) groups excluding carboxylic acids is 1. The van der Waals surface area contributed by atoms with E-state index in [9.17, 15) is 4.79 Å². The minimum absolute atomic E-state index is 0.0737. The Kier molecular flexibility index (Phi) is 6.35. The summed E-state index contributed by atoms with van der Waals surface area (Å²) in [4.78, 5) is 11.4. The number of halogens is 2. The highest BCUT2D eigenvalue weighted by atomic mass is 79.9. The van der Waals surface area contributed by atoms with E-state index in [-0.39, 0.29) is 12.5 Å². The van der Waals surface area contributed by atoms with Crippen molar-refractivity contribution in [3.8, 4) is 5.75 Å². The summed E-state index contributed by atoms with van der Waals surface area (Å²) in [5, 5.41) is 3.80. The fourth-order valence-electron chi connectivity index (χ4n) is 1.03. The summed E-state index contributed by atoms with van der Waals surface area (Å²) in [6, 6.07) is 5.47. The van der Waals surface area contributed by atoms with Crippen molar-refractivity contribution in [3.63, 3.8) is 0 Å². The molecule has 0 saturated heterocycles. The smallest absolute Gasteiger partial charge is 0.277 e. The number of carbonyl (C=O) groups is 1. The maximum absolute atomic E-state index is 11.4. The standard InChI is InChI=1S/C12H14Br2N2O2/c1-8(2)6-15-16-12(17)7-18-11-4-3-9(13)5-10(11)14/h3-6,8H,7H2,1-2H3,(H,16,17). The quantitative estimate of drug-likeness (QED) is 0.631. The van der Waals surface area contributed by atoms with Crippen molar-refractivity contribution in [3.05, 3.63) is 27.1 Å². The lowest BCUT2D eigenvalue weighted by atomic mass is 10.3. The van der Waals surface area contributed by atoms with Gasteiger partial charge < -0.3 is 4.74 Å². The molecule has 18 heavy (non-hydrogen) atoms. The highest BCUT2D eigenvalue weighted by molar-refractivity contribution is 9.11. The lowest BCUT2D eigenvalue weighted by Gasteiger charge is -2.07. The zero-order valence-electron chi connectivity index (χ0n) is 10.1. The van der Waals surface area contributed by atoms with Crippen molar-refractivity contribution in [2.75, 3.05) is 6.61 Å². The van der Waals surface area contributed by atoms with Crippen LogP contribution in [-0.4, -0.2) is 18.7 Å². The number of ether oxygens (including phenoxy) is 1. The molecule has 1 aromatic rings. The molecule has 1 amide bonds. The number of hydrogen-bond acceptors (Lipinski definition) is 3. The molecule has 0 heterocycles. The summed E-state index contributed by atoms with van der Waals surface area (Å²) < 4.78 is 7.08. The van der Waals surface area contributed by atoms with Crippen LogP contribution in [0.2, 0.25) is 0 Å². The van der Waals surface area contributed by atoms with Crippen molar-refractivity contribution in [2.45, 2.75) is 13.8 Å². The molecule has 1 rings (SSSR count). The molecule has 0 saturated carbocycles. The van der Waals surface area contributed by atoms with Crippen LogP contribution in [-0.2, 0) is 4.79 Å². The number of hydrogen-bond donors (Lipinski definition) is 1. The minimum atomic E-state index is -0.290. The summed E-state index contributed by atoms with van der Waals surface area (Å²) in [6.07, 6.45) is 1.66. The molecular weight excluding hydrogens is 364 g/mol. The Bertz CT molecular complexity index is 448. The first-order valence-corrected chi connectivity index (χ1v) is 6.97. The first kappa shape index (κ1) is 15.2. The van der Waals surface area contributed by atoms with Gasteiger partial charge in [-0.2, -0.15) is 5.10 Å². The van der Waals surface area contributed by atoms with E-state index in [1.54, 1.807) is 12.3 Å². The number of hydrazone groups is 1. The number of benzene rings is 1. The van der Waals surface area contributed by atoms with Crippen LogP contribution in [0, 0.1) is 5.92 Å². The van der Waals surface area contributed by atoms with E-state index in [0.29, 0.717) is 11.7 Å². The van der Waals surface area contributed by atoms with Gasteiger partial charge in [-0.15, -0.1) is 0 Å². The van der Waals surface area contributed by atoms with Gasteiger partial charge >= 0.3 is 0 Å². The predicted octanol–water partition coefficient (Wildman–Crippen LogP) is 3.35. The molecule has 0 aliphatic heterocycles. The largest absolute Gasteiger partial charge is 0.483 e. The molecule has 6 heteroatoms. The van der Waals surface area contributed by atoms with E-state index < -0.39 is 0 Å². The van der Waals surface area contributed by atoms with Gasteiger partial charge in [0.15, 0.2) is 6.61 Å². The summed E-state index contributed by atoms with van der Waals surface area (Å²) in [5.74, 6) is 0.620. The highest BCUT2D eigenvalue weighted by Gasteiger charge is 2.05. The van der Waals surface area contributed by atoms with Gasteiger partial charge in [0, 0.05) is 10.7 Å². The van der Waals surface area contributed by atoms with E-state index in [2.05, 4.69) is 42.4 Å². The van der Waals surface area contributed by atoms with Gasteiger partial charge in [-0.1, -0.05) is 29.8 Å². The first-order valence-electron chi connectivity index (χ1n) is 5.39. The molecule has 1 aromatic carbocycles. The zero-order chi connectivity index (χ0) is 13.5. The molecule has 0 fully saturated rings. The molecule has 0 unspecified atom stereocenters. The average molecular weight is 378 g/mol. The van der Waals surface area contributed by atoms with Crippen molar-refractivity contribution in [1.82, 2.24) is 5.43 Å². The van der Waals surface area contributed by atoms with E-state index in [1.807, 2.05) is 26.0 Å². The van der Waals surface area contributed by atoms with Crippen LogP contribution in [0.15, 0.2) is 32.2 Å². The number of amides is 1. The molecule has 0 aromatic heterocycles. The number of nitrogens with one attached hydrogen (secondary N) is 1. The summed E-state index contributed by atoms with van der Waals surface area (Å²) in [6.45, 7) is 3.88. The van der Waals surface area contributed by atoms with Crippen LogP contribution < -0.4 is 10.2 Å². The van der Waals surface area contributed by atoms with Crippen molar-refractivity contribution in [2.24, 2.45) is 11.0 Å². The van der Waals surface area contributed by atoms with Crippen LogP contribution in [0.3, 0.4) is 0 Å². The van der Waals surface area contributed by atoms with E-state index >= 15 is 0 Å². The highest BCUT2D eigenvalue weighted by Crippen LogP contribution is 2.27. The van der Waals surface area contributed by atoms with Crippen LogP contribution in [0.5, 0.6) is 5.75 Å². The molecule has 1 N–H and O–H groups in total. The fourth-order valence-corrected chi connectivity index (χ4v) is 2.19. The second kappa shape index (κ2) is 7.53. The average Bonchev–Trinajstić information content (AvgIpc) is 2.27. The monoisotopic (exact) mass is 376 g/mol.